The molecular weight excluding hydrogens is 577 g/mol. The third-order valence-electron chi connectivity index (χ3n) is 10.2. The average molecular weight is 614 g/mol. The lowest BCUT2D eigenvalue weighted by Gasteiger charge is -2.32. The number of thiazole rings is 1. The SMILES string of the molecule is CC1OB(c2cc(F)c3c(c2)OC(c2cnc(CC4CC4)s2)n2c-3cc3cc(B4OC(C)(C)C(C)(C)O4)ccc32)OC1(C)C. The van der Waals surface area contributed by atoms with Gasteiger partial charge in [-0.05, 0) is 102 Å². The van der Waals surface area contributed by atoms with Gasteiger partial charge in [0.05, 0.1) is 49.6 Å². The van der Waals surface area contributed by atoms with Gasteiger partial charge >= 0.3 is 14.2 Å². The highest BCUT2D eigenvalue weighted by Crippen LogP contribution is 2.47. The molecule has 4 aliphatic rings. The molecule has 1 saturated carbocycles. The van der Waals surface area contributed by atoms with E-state index >= 15 is 4.39 Å². The van der Waals surface area contributed by atoms with Crippen molar-refractivity contribution in [1.29, 1.82) is 0 Å². The molecule has 0 radical (unpaired) electrons. The fourth-order valence-electron chi connectivity index (χ4n) is 6.26. The summed E-state index contributed by atoms with van der Waals surface area (Å²) >= 11 is 1.67. The maximum absolute atomic E-state index is 16.2. The monoisotopic (exact) mass is 614 g/mol. The minimum absolute atomic E-state index is 0.136. The first-order chi connectivity index (χ1) is 20.8. The molecule has 0 amide bonds. The summed E-state index contributed by atoms with van der Waals surface area (Å²) in [4.78, 5) is 5.74. The van der Waals surface area contributed by atoms with Gasteiger partial charge < -0.3 is 23.4 Å². The number of fused-ring (bicyclic) bond motifs is 5. The van der Waals surface area contributed by atoms with E-state index in [1.807, 2.05) is 72.9 Å². The first-order valence-electron chi connectivity index (χ1n) is 15.6. The zero-order valence-electron chi connectivity index (χ0n) is 26.3. The molecule has 0 bridgehead atoms. The second-order valence-corrected chi connectivity index (χ2v) is 15.4. The number of benzene rings is 2. The van der Waals surface area contributed by atoms with E-state index in [-0.39, 0.29) is 11.9 Å². The van der Waals surface area contributed by atoms with E-state index in [1.54, 1.807) is 11.3 Å². The van der Waals surface area contributed by atoms with Gasteiger partial charge in [-0.15, -0.1) is 11.3 Å². The lowest BCUT2D eigenvalue weighted by Crippen LogP contribution is -2.41. The van der Waals surface area contributed by atoms with E-state index in [1.165, 1.54) is 18.9 Å². The highest BCUT2D eigenvalue weighted by Gasteiger charge is 2.52. The van der Waals surface area contributed by atoms with Crippen LogP contribution in [0, 0.1) is 11.7 Å². The van der Waals surface area contributed by atoms with Crippen molar-refractivity contribution in [2.24, 2.45) is 5.92 Å². The summed E-state index contributed by atoms with van der Waals surface area (Å²) in [5, 5.41) is 2.07. The topological polar surface area (TPSA) is 64.0 Å². The molecule has 0 N–H and O–H groups in total. The number of rotatable bonds is 5. The van der Waals surface area contributed by atoms with Crippen LogP contribution in [0.3, 0.4) is 0 Å². The molecule has 5 heterocycles. The second-order valence-electron chi connectivity index (χ2n) is 14.3. The van der Waals surface area contributed by atoms with Crippen LogP contribution in [-0.2, 0) is 25.0 Å². The van der Waals surface area contributed by atoms with Gasteiger partial charge in [0.15, 0.2) is 0 Å². The molecule has 2 atom stereocenters. The van der Waals surface area contributed by atoms with E-state index in [4.69, 9.17) is 28.3 Å². The quantitative estimate of drug-likeness (QED) is 0.257. The van der Waals surface area contributed by atoms with Crippen LogP contribution in [0.4, 0.5) is 4.39 Å². The standard InChI is InChI=1S/C33H37B2FN2O5S/c1-18-31(2,3)41-34(40-18)22-15-23(36)29-25-14-20-13-21(35-42-32(4,5)33(6,7)43-35)10-11-24(20)38(25)30(39-26(29)16-22)27-17-37-28(44-27)12-19-8-9-19/h10-11,13-19,30H,8-9,12H2,1-7H3. The Balaban J connectivity index is 1.24. The summed E-state index contributed by atoms with van der Waals surface area (Å²) in [6.07, 6.45) is 4.81. The molecule has 2 saturated heterocycles. The van der Waals surface area contributed by atoms with Crippen LogP contribution in [0.5, 0.6) is 5.75 Å². The fraction of sp³-hybridized carbons (Fsp3) is 0.485. The van der Waals surface area contributed by atoms with Crippen LogP contribution in [0.2, 0.25) is 0 Å². The van der Waals surface area contributed by atoms with Gasteiger partial charge in [-0.2, -0.15) is 0 Å². The predicted octanol–water partition coefficient (Wildman–Crippen LogP) is 6.00. The number of halogens is 1. The minimum atomic E-state index is -0.675. The molecule has 228 valence electrons. The van der Waals surface area contributed by atoms with Gasteiger partial charge in [0, 0.05) is 18.0 Å². The van der Waals surface area contributed by atoms with Crippen molar-refractivity contribution < 1.29 is 27.7 Å². The van der Waals surface area contributed by atoms with Crippen LogP contribution < -0.4 is 15.7 Å². The predicted molar refractivity (Wildman–Crippen MR) is 171 cm³/mol. The van der Waals surface area contributed by atoms with Crippen LogP contribution in [0.1, 0.15) is 77.4 Å². The van der Waals surface area contributed by atoms with Crippen molar-refractivity contribution in [3.05, 3.63) is 58.3 Å². The molecule has 2 unspecified atom stereocenters. The molecule has 11 heteroatoms. The molecule has 8 rings (SSSR count). The zero-order valence-corrected chi connectivity index (χ0v) is 27.1. The molecule has 3 fully saturated rings. The van der Waals surface area contributed by atoms with Gasteiger partial charge in [-0.3, -0.25) is 4.57 Å². The number of hydrogen-bond acceptors (Lipinski definition) is 7. The van der Waals surface area contributed by atoms with Crippen LogP contribution in [0.15, 0.2) is 42.6 Å². The van der Waals surface area contributed by atoms with E-state index in [0.717, 1.165) is 44.3 Å². The summed E-state index contributed by atoms with van der Waals surface area (Å²) in [5.74, 6) is 0.816. The number of nitrogens with zero attached hydrogens (tertiary/aromatic N) is 2. The molecule has 7 nitrogen and oxygen atoms in total. The molecular formula is C33H37B2FN2O5S. The average Bonchev–Trinajstić information content (AvgIpc) is 3.27. The van der Waals surface area contributed by atoms with E-state index in [0.29, 0.717) is 16.8 Å². The van der Waals surface area contributed by atoms with Gasteiger partial charge in [-0.1, -0.05) is 12.1 Å². The minimum Gasteiger partial charge on any atom is -0.464 e. The fourth-order valence-corrected chi connectivity index (χ4v) is 7.32. The Morgan fingerprint density at radius 3 is 2.39 bits per heavy atom. The molecule has 44 heavy (non-hydrogen) atoms. The number of aromatic nitrogens is 2. The maximum atomic E-state index is 16.2. The molecule has 1 aliphatic carbocycles. The highest BCUT2D eigenvalue weighted by molar-refractivity contribution is 7.11. The van der Waals surface area contributed by atoms with Gasteiger partial charge in [-0.25, -0.2) is 9.37 Å². The maximum Gasteiger partial charge on any atom is 0.494 e. The Morgan fingerprint density at radius 1 is 0.955 bits per heavy atom. The lowest BCUT2D eigenvalue weighted by atomic mass is 9.78. The third-order valence-corrected chi connectivity index (χ3v) is 11.2. The molecule has 3 aliphatic heterocycles. The number of ether oxygens (including phenoxy) is 1. The summed E-state index contributed by atoms with van der Waals surface area (Å²) < 4.78 is 50.0. The Labute approximate surface area is 262 Å². The largest absolute Gasteiger partial charge is 0.494 e. The first kappa shape index (κ1) is 28.8. The summed E-state index contributed by atoms with van der Waals surface area (Å²) in [6, 6.07) is 11.6. The highest BCUT2D eigenvalue weighted by atomic mass is 32.1. The zero-order chi connectivity index (χ0) is 30.8. The first-order valence-corrected chi connectivity index (χ1v) is 16.4. The Hall–Kier alpha value is -2.69. The van der Waals surface area contributed by atoms with Gasteiger partial charge in [0.1, 0.15) is 11.6 Å². The van der Waals surface area contributed by atoms with Crippen LogP contribution in [0.25, 0.3) is 22.2 Å². The smallest absolute Gasteiger partial charge is 0.464 e. The summed E-state index contributed by atoms with van der Waals surface area (Å²) in [7, 11) is -1.17. The van der Waals surface area contributed by atoms with Crippen molar-refractivity contribution >= 4 is 47.4 Å². The normalized spacial score (nSPS) is 24.9. The molecule has 2 aromatic heterocycles. The molecule has 0 spiro atoms. The Kier molecular flexibility index (Phi) is 6.31. The van der Waals surface area contributed by atoms with E-state index in [9.17, 15) is 0 Å². The van der Waals surface area contributed by atoms with Crippen molar-refractivity contribution in [3.8, 4) is 17.0 Å². The van der Waals surface area contributed by atoms with E-state index < -0.39 is 37.3 Å². The molecule has 4 aromatic rings. The van der Waals surface area contributed by atoms with E-state index in [2.05, 4.69) is 16.7 Å². The third kappa shape index (κ3) is 4.57. The van der Waals surface area contributed by atoms with Gasteiger partial charge in [0.25, 0.3) is 0 Å². The van der Waals surface area contributed by atoms with Crippen molar-refractivity contribution in [3.63, 3.8) is 0 Å². The van der Waals surface area contributed by atoms with Crippen LogP contribution in [-0.4, -0.2) is 46.7 Å². The summed E-state index contributed by atoms with van der Waals surface area (Å²) in [5.41, 5.74) is 2.25. The van der Waals surface area contributed by atoms with Crippen molar-refractivity contribution in [2.45, 2.75) is 96.9 Å². The lowest BCUT2D eigenvalue weighted by molar-refractivity contribution is 0.00578. The molecule has 2 aromatic carbocycles. The van der Waals surface area contributed by atoms with Crippen molar-refractivity contribution in [2.75, 3.05) is 0 Å². The van der Waals surface area contributed by atoms with Crippen LogP contribution >= 0.6 is 11.3 Å². The Morgan fingerprint density at radius 2 is 1.70 bits per heavy atom. The Bertz CT molecular complexity index is 1780. The number of hydrogen-bond donors (Lipinski definition) is 0. The summed E-state index contributed by atoms with van der Waals surface area (Å²) in [6.45, 7) is 14.1. The van der Waals surface area contributed by atoms with Crippen molar-refractivity contribution in [1.82, 2.24) is 9.55 Å². The second kappa shape index (κ2) is 9.66. The van der Waals surface area contributed by atoms with Gasteiger partial charge in [0.2, 0.25) is 6.23 Å².